The van der Waals surface area contributed by atoms with E-state index in [0.29, 0.717) is 11.4 Å². The van der Waals surface area contributed by atoms with Gasteiger partial charge in [0.2, 0.25) is 0 Å². The molecule has 0 aliphatic rings. The number of nitrogens with zero attached hydrogens (tertiary/aromatic N) is 1. The van der Waals surface area contributed by atoms with Gasteiger partial charge in [-0.3, -0.25) is 10.1 Å². The van der Waals surface area contributed by atoms with Crippen molar-refractivity contribution in [2.75, 3.05) is 12.4 Å². The van der Waals surface area contributed by atoms with Gasteiger partial charge < -0.3 is 15.2 Å². The number of rotatable bonds is 5. The second kappa shape index (κ2) is 6.13. The molecular weight excluding hydrogens is 272 g/mol. The van der Waals surface area contributed by atoms with Crippen LogP contribution in [-0.2, 0) is 0 Å². The second-order valence-electron chi connectivity index (χ2n) is 4.57. The summed E-state index contributed by atoms with van der Waals surface area (Å²) in [4.78, 5) is 10.3. The first-order valence-electron chi connectivity index (χ1n) is 6.39. The summed E-state index contributed by atoms with van der Waals surface area (Å²) in [6.45, 7) is 1.88. The SMILES string of the molecule is COc1cc([N+](=O)[O-])ccc1NC(C)c1ccccc1O. The van der Waals surface area contributed by atoms with Crippen LogP contribution < -0.4 is 10.1 Å². The topological polar surface area (TPSA) is 84.6 Å². The summed E-state index contributed by atoms with van der Waals surface area (Å²) >= 11 is 0. The molecule has 2 aromatic carbocycles. The number of methoxy groups -OCH3 is 1. The fraction of sp³-hybridized carbons (Fsp3) is 0.200. The van der Waals surface area contributed by atoms with Gasteiger partial charge in [-0.1, -0.05) is 18.2 Å². The predicted molar refractivity (Wildman–Crippen MR) is 79.8 cm³/mol. The summed E-state index contributed by atoms with van der Waals surface area (Å²) in [7, 11) is 1.45. The fourth-order valence-electron chi connectivity index (χ4n) is 2.08. The van der Waals surface area contributed by atoms with Crippen molar-refractivity contribution >= 4 is 11.4 Å². The molecule has 2 rings (SSSR count). The largest absolute Gasteiger partial charge is 0.508 e. The maximum atomic E-state index is 10.8. The third-order valence-electron chi connectivity index (χ3n) is 3.17. The minimum Gasteiger partial charge on any atom is -0.508 e. The molecule has 0 heterocycles. The monoisotopic (exact) mass is 288 g/mol. The van der Waals surface area contributed by atoms with Crippen LogP contribution in [0.1, 0.15) is 18.5 Å². The Morgan fingerprint density at radius 1 is 1.29 bits per heavy atom. The van der Waals surface area contributed by atoms with E-state index in [2.05, 4.69) is 5.32 Å². The van der Waals surface area contributed by atoms with E-state index < -0.39 is 4.92 Å². The molecule has 1 unspecified atom stereocenters. The average molecular weight is 288 g/mol. The van der Waals surface area contributed by atoms with Gasteiger partial charge in [0.05, 0.1) is 29.8 Å². The van der Waals surface area contributed by atoms with Gasteiger partial charge in [-0.15, -0.1) is 0 Å². The summed E-state index contributed by atoms with van der Waals surface area (Å²) in [6, 6.07) is 11.2. The maximum absolute atomic E-state index is 10.8. The first-order valence-corrected chi connectivity index (χ1v) is 6.39. The summed E-state index contributed by atoms with van der Waals surface area (Å²) in [5.74, 6) is 0.574. The number of aromatic hydroxyl groups is 1. The van der Waals surface area contributed by atoms with E-state index in [4.69, 9.17) is 4.74 Å². The summed E-state index contributed by atoms with van der Waals surface area (Å²) in [5, 5.41) is 23.8. The van der Waals surface area contributed by atoms with Crippen LogP contribution in [0.15, 0.2) is 42.5 Å². The van der Waals surface area contributed by atoms with E-state index in [1.165, 1.54) is 19.2 Å². The molecule has 2 aromatic rings. The number of nitro groups is 1. The van der Waals surface area contributed by atoms with E-state index in [9.17, 15) is 15.2 Å². The van der Waals surface area contributed by atoms with E-state index in [1.54, 1.807) is 18.2 Å². The predicted octanol–water partition coefficient (Wildman–Crippen LogP) is 3.48. The Morgan fingerprint density at radius 3 is 2.62 bits per heavy atom. The van der Waals surface area contributed by atoms with Gasteiger partial charge in [-0.05, 0) is 19.1 Å². The summed E-state index contributed by atoms with van der Waals surface area (Å²) in [5.41, 5.74) is 1.32. The molecule has 6 nitrogen and oxygen atoms in total. The summed E-state index contributed by atoms with van der Waals surface area (Å²) in [6.07, 6.45) is 0. The Kier molecular flexibility index (Phi) is 4.27. The molecule has 0 aliphatic heterocycles. The van der Waals surface area contributed by atoms with Crippen molar-refractivity contribution < 1.29 is 14.8 Å². The molecule has 0 bridgehead atoms. The number of anilines is 1. The highest BCUT2D eigenvalue weighted by Gasteiger charge is 2.15. The fourth-order valence-corrected chi connectivity index (χ4v) is 2.08. The molecule has 0 aromatic heterocycles. The molecule has 2 N–H and O–H groups in total. The van der Waals surface area contributed by atoms with Crippen molar-refractivity contribution in [1.82, 2.24) is 0 Å². The van der Waals surface area contributed by atoms with Crippen LogP contribution in [0.25, 0.3) is 0 Å². The number of nitro benzene ring substituents is 1. The highest BCUT2D eigenvalue weighted by Crippen LogP contribution is 2.33. The van der Waals surface area contributed by atoms with E-state index in [-0.39, 0.29) is 17.5 Å². The highest BCUT2D eigenvalue weighted by molar-refractivity contribution is 5.62. The molecule has 0 radical (unpaired) electrons. The molecule has 110 valence electrons. The van der Waals surface area contributed by atoms with Crippen molar-refractivity contribution in [3.8, 4) is 11.5 Å². The highest BCUT2D eigenvalue weighted by atomic mass is 16.6. The standard InChI is InChI=1S/C15H16N2O4/c1-10(12-5-3-4-6-14(12)18)16-13-8-7-11(17(19)20)9-15(13)21-2/h3-10,16,18H,1-2H3. The van der Waals surface area contributed by atoms with Gasteiger partial charge >= 0.3 is 0 Å². The van der Waals surface area contributed by atoms with E-state index >= 15 is 0 Å². The van der Waals surface area contributed by atoms with Crippen LogP contribution >= 0.6 is 0 Å². The number of hydrogen-bond donors (Lipinski definition) is 2. The number of nitrogens with one attached hydrogen (secondary N) is 1. The minimum absolute atomic E-state index is 0.0346. The smallest absolute Gasteiger partial charge is 0.273 e. The van der Waals surface area contributed by atoms with Crippen molar-refractivity contribution in [3.63, 3.8) is 0 Å². The lowest BCUT2D eigenvalue weighted by Crippen LogP contribution is -2.08. The van der Waals surface area contributed by atoms with Crippen molar-refractivity contribution in [1.29, 1.82) is 0 Å². The third-order valence-corrected chi connectivity index (χ3v) is 3.17. The van der Waals surface area contributed by atoms with Crippen molar-refractivity contribution in [2.45, 2.75) is 13.0 Å². The zero-order valence-corrected chi connectivity index (χ0v) is 11.7. The number of phenolic OH excluding ortho intramolecular Hbond substituents is 1. The Hall–Kier alpha value is -2.76. The Labute approximate surface area is 122 Å². The molecule has 1 atom stereocenters. The van der Waals surface area contributed by atoms with Crippen LogP contribution in [0.5, 0.6) is 11.5 Å². The average Bonchev–Trinajstić information content (AvgIpc) is 2.47. The molecule has 0 spiro atoms. The first kappa shape index (κ1) is 14.6. The van der Waals surface area contributed by atoms with Crippen LogP contribution in [-0.4, -0.2) is 17.1 Å². The number of hydrogen-bond acceptors (Lipinski definition) is 5. The van der Waals surface area contributed by atoms with Crippen LogP contribution in [0.3, 0.4) is 0 Å². The van der Waals surface area contributed by atoms with Gasteiger partial charge in [-0.25, -0.2) is 0 Å². The van der Waals surface area contributed by atoms with Crippen LogP contribution in [0.2, 0.25) is 0 Å². The first-order chi connectivity index (χ1) is 10.0. The Morgan fingerprint density at radius 2 is 2.00 bits per heavy atom. The third kappa shape index (κ3) is 3.22. The van der Waals surface area contributed by atoms with Gasteiger partial charge in [0.15, 0.2) is 0 Å². The molecule has 21 heavy (non-hydrogen) atoms. The number of non-ortho nitro benzene ring substituents is 1. The number of phenols is 1. The van der Waals surface area contributed by atoms with Gasteiger partial charge in [-0.2, -0.15) is 0 Å². The zero-order valence-electron chi connectivity index (χ0n) is 11.7. The summed E-state index contributed by atoms with van der Waals surface area (Å²) < 4.78 is 5.17. The van der Waals surface area contributed by atoms with Gasteiger partial charge in [0.25, 0.3) is 5.69 Å². The zero-order chi connectivity index (χ0) is 15.4. The molecule has 0 fully saturated rings. The normalized spacial score (nSPS) is 11.7. The van der Waals surface area contributed by atoms with E-state index in [0.717, 1.165) is 5.56 Å². The lowest BCUT2D eigenvalue weighted by molar-refractivity contribution is -0.384. The van der Waals surface area contributed by atoms with Gasteiger partial charge in [0.1, 0.15) is 11.5 Å². The molecular formula is C15H16N2O4. The lowest BCUT2D eigenvalue weighted by atomic mass is 10.1. The van der Waals surface area contributed by atoms with Gasteiger partial charge in [0, 0.05) is 11.6 Å². The van der Waals surface area contributed by atoms with Crippen LogP contribution in [0, 0.1) is 10.1 Å². The lowest BCUT2D eigenvalue weighted by Gasteiger charge is -2.18. The van der Waals surface area contributed by atoms with Crippen LogP contribution in [0.4, 0.5) is 11.4 Å². The quantitative estimate of drug-likeness (QED) is 0.650. The Balaban J connectivity index is 2.27. The molecule has 6 heteroatoms. The second-order valence-corrected chi connectivity index (χ2v) is 4.57. The Bertz CT molecular complexity index is 658. The van der Waals surface area contributed by atoms with Crippen molar-refractivity contribution in [3.05, 3.63) is 58.1 Å². The molecule has 0 amide bonds. The minimum atomic E-state index is -0.473. The van der Waals surface area contributed by atoms with E-state index in [1.807, 2.05) is 19.1 Å². The number of para-hydroxylation sites is 1. The molecule has 0 saturated carbocycles. The van der Waals surface area contributed by atoms with Crippen molar-refractivity contribution in [2.24, 2.45) is 0 Å². The number of ether oxygens (including phenoxy) is 1. The maximum Gasteiger partial charge on any atom is 0.273 e. The molecule has 0 aliphatic carbocycles. The molecule has 0 saturated heterocycles. The number of benzene rings is 2.